The minimum absolute atomic E-state index is 0.0664. The number of piperazine rings is 1. The van der Waals surface area contributed by atoms with Gasteiger partial charge in [0.25, 0.3) is 0 Å². The Labute approximate surface area is 86.5 Å². The van der Waals surface area contributed by atoms with E-state index in [0.717, 1.165) is 39.0 Å². The number of nitrogens with zero attached hydrogens (tertiary/aromatic N) is 1. The molecule has 5 heteroatoms. The van der Waals surface area contributed by atoms with E-state index in [1.54, 1.807) is 0 Å². The average Bonchev–Trinajstić information content (AvgIpc) is 3.02. The minimum atomic E-state index is -0.904. The van der Waals surface area contributed by atoms with Crippen molar-refractivity contribution in [2.45, 2.75) is 18.1 Å². The molecule has 1 aliphatic heterocycles. The van der Waals surface area contributed by atoms with Crippen LogP contribution in [0.4, 0.5) is 0 Å². The van der Waals surface area contributed by atoms with Crippen molar-refractivity contribution >= 4 is 16.7 Å². The number of hydrogen-bond acceptors (Lipinski definition) is 3. The van der Waals surface area contributed by atoms with Crippen molar-refractivity contribution in [3.8, 4) is 0 Å². The average molecular weight is 216 g/mol. The molecule has 4 nitrogen and oxygen atoms in total. The molecule has 2 fully saturated rings. The van der Waals surface area contributed by atoms with Crippen LogP contribution in [0.5, 0.6) is 0 Å². The van der Waals surface area contributed by atoms with Crippen LogP contribution in [0.2, 0.25) is 0 Å². The van der Waals surface area contributed by atoms with Gasteiger partial charge >= 0.3 is 0 Å². The predicted molar refractivity (Wildman–Crippen MR) is 55.5 cm³/mol. The Balaban J connectivity index is 1.78. The van der Waals surface area contributed by atoms with Gasteiger partial charge in [0.05, 0.1) is 0 Å². The van der Waals surface area contributed by atoms with Crippen LogP contribution in [-0.4, -0.2) is 52.2 Å². The first kappa shape index (κ1) is 10.1. The van der Waals surface area contributed by atoms with Gasteiger partial charge in [0.2, 0.25) is 5.91 Å². The van der Waals surface area contributed by atoms with Gasteiger partial charge in [0.15, 0.2) is 0 Å². The minimum Gasteiger partial charge on any atom is -0.339 e. The number of carbonyl (C=O) groups excluding carboxylic acids is 1. The topological polar surface area (TPSA) is 49.4 Å². The summed E-state index contributed by atoms with van der Waals surface area (Å²) in [7, 11) is -0.904. The van der Waals surface area contributed by atoms with E-state index in [4.69, 9.17) is 0 Å². The number of carbonyl (C=O) groups is 1. The summed E-state index contributed by atoms with van der Waals surface area (Å²) >= 11 is 0. The maximum atomic E-state index is 11.6. The molecule has 80 valence electrons. The van der Waals surface area contributed by atoms with Crippen LogP contribution >= 0.6 is 0 Å². The van der Waals surface area contributed by atoms with Gasteiger partial charge in [-0.3, -0.25) is 9.00 Å². The van der Waals surface area contributed by atoms with E-state index in [2.05, 4.69) is 5.32 Å². The summed E-state index contributed by atoms with van der Waals surface area (Å²) in [4.78, 5) is 13.5. The Morgan fingerprint density at radius 2 is 2.00 bits per heavy atom. The molecular formula is C9H16N2O2S. The van der Waals surface area contributed by atoms with Gasteiger partial charge in [-0.15, -0.1) is 0 Å². The fourth-order valence-electron chi connectivity index (χ4n) is 1.58. The lowest BCUT2D eigenvalue weighted by atomic mass is 10.3. The quantitative estimate of drug-likeness (QED) is 0.680. The van der Waals surface area contributed by atoms with E-state index in [9.17, 15) is 9.00 Å². The Kier molecular flexibility index (Phi) is 3.18. The zero-order chi connectivity index (χ0) is 9.97. The largest absolute Gasteiger partial charge is 0.339 e. The lowest BCUT2D eigenvalue weighted by Gasteiger charge is -2.27. The van der Waals surface area contributed by atoms with Gasteiger partial charge in [-0.05, 0) is 12.8 Å². The lowest BCUT2D eigenvalue weighted by molar-refractivity contribution is -0.128. The molecule has 1 amide bonds. The van der Waals surface area contributed by atoms with Crippen LogP contribution < -0.4 is 5.32 Å². The molecule has 0 aromatic carbocycles. The highest BCUT2D eigenvalue weighted by molar-refractivity contribution is 7.86. The normalized spacial score (nSPS) is 24.7. The van der Waals surface area contributed by atoms with Crippen LogP contribution in [0.15, 0.2) is 0 Å². The summed E-state index contributed by atoms with van der Waals surface area (Å²) in [6.45, 7) is 3.25. The molecule has 1 atom stereocenters. The zero-order valence-corrected chi connectivity index (χ0v) is 9.02. The van der Waals surface area contributed by atoms with Crippen LogP contribution in [0.25, 0.3) is 0 Å². The summed E-state index contributed by atoms with van der Waals surface area (Å²) in [6, 6.07) is 0. The first-order valence-electron chi connectivity index (χ1n) is 5.13. The second-order valence-corrected chi connectivity index (χ2v) is 5.57. The highest BCUT2D eigenvalue weighted by Crippen LogP contribution is 2.26. The molecule has 1 heterocycles. The maximum absolute atomic E-state index is 11.6. The fourth-order valence-corrected chi connectivity index (χ4v) is 2.90. The molecule has 1 N–H and O–H groups in total. The van der Waals surface area contributed by atoms with Crippen molar-refractivity contribution in [1.29, 1.82) is 0 Å². The number of nitrogens with one attached hydrogen (secondary N) is 1. The third kappa shape index (κ3) is 2.54. The number of rotatable bonds is 3. The molecule has 1 aliphatic carbocycles. The van der Waals surface area contributed by atoms with Gasteiger partial charge < -0.3 is 10.2 Å². The van der Waals surface area contributed by atoms with Crippen molar-refractivity contribution in [3.63, 3.8) is 0 Å². The predicted octanol–water partition coefficient (Wildman–Crippen LogP) is -0.671. The molecule has 1 saturated heterocycles. The second kappa shape index (κ2) is 4.40. The van der Waals surface area contributed by atoms with Crippen molar-refractivity contribution < 1.29 is 9.00 Å². The molecule has 2 rings (SSSR count). The highest BCUT2D eigenvalue weighted by atomic mass is 32.2. The fraction of sp³-hybridized carbons (Fsp3) is 0.889. The molecule has 1 unspecified atom stereocenters. The van der Waals surface area contributed by atoms with E-state index in [1.807, 2.05) is 4.90 Å². The van der Waals surface area contributed by atoms with Crippen LogP contribution in [0.1, 0.15) is 12.8 Å². The van der Waals surface area contributed by atoms with Crippen LogP contribution in [0, 0.1) is 0 Å². The summed E-state index contributed by atoms with van der Waals surface area (Å²) in [5.74, 6) is 0.307. The third-order valence-corrected chi connectivity index (χ3v) is 4.38. The molecular weight excluding hydrogens is 200 g/mol. The van der Waals surface area contributed by atoms with Crippen molar-refractivity contribution in [2.24, 2.45) is 0 Å². The van der Waals surface area contributed by atoms with Gasteiger partial charge in [-0.1, -0.05) is 0 Å². The Bertz CT molecular complexity index is 247. The van der Waals surface area contributed by atoms with Gasteiger partial charge in [-0.25, -0.2) is 0 Å². The van der Waals surface area contributed by atoms with Crippen LogP contribution in [0.3, 0.4) is 0 Å². The van der Waals surface area contributed by atoms with Crippen molar-refractivity contribution in [1.82, 2.24) is 10.2 Å². The molecule has 0 bridgehead atoms. The number of amides is 1. The molecule has 0 spiro atoms. The Morgan fingerprint density at radius 3 is 2.57 bits per heavy atom. The third-order valence-electron chi connectivity index (χ3n) is 2.63. The molecule has 14 heavy (non-hydrogen) atoms. The van der Waals surface area contributed by atoms with E-state index in [1.165, 1.54) is 0 Å². The summed E-state index contributed by atoms with van der Waals surface area (Å²) < 4.78 is 11.5. The Hall–Kier alpha value is -0.420. The maximum Gasteiger partial charge on any atom is 0.235 e. The highest BCUT2D eigenvalue weighted by Gasteiger charge is 2.30. The molecule has 0 aromatic rings. The first-order valence-corrected chi connectivity index (χ1v) is 6.51. The van der Waals surface area contributed by atoms with Gasteiger partial charge in [-0.2, -0.15) is 0 Å². The van der Waals surface area contributed by atoms with Crippen LogP contribution in [-0.2, 0) is 15.6 Å². The molecule has 2 aliphatic rings. The zero-order valence-electron chi connectivity index (χ0n) is 8.20. The standard InChI is InChI=1S/C9H16N2O2S/c12-9(7-14(13)8-1-2-8)11-5-3-10-4-6-11/h8,10H,1-7H2. The Morgan fingerprint density at radius 1 is 1.36 bits per heavy atom. The number of hydrogen-bond donors (Lipinski definition) is 1. The smallest absolute Gasteiger partial charge is 0.235 e. The monoisotopic (exact) mass is 216 g/mol. The summed E-state index contributed by atoms with van der Waals surface area (Å²) in [5, 5.41) is 3.51. The SMILES string of the molecule is O=C(CS(=O)C1CC1)N1CCNCC1. The molecule has 0 aromatic heterocycles. The van der Waals surface area contributed by atoms with E-state index in [0.29, 0.717) is 5.25 Å². The summed E-state index contributed by atoms with van der Waals surface area (Å²) in [5.41, 5.74) is 0. The van der Waals surface area contributed by atoms with E-state index in [-0.39, 0.29) is 11.7 Å². The van der Waals surface area contributed by atoms with Gasteiger partial charge in [0, 0.05) is 42.2 Å². The van der Waals surface area contributed by atoms with Crippen molar-refractivity contribution in [3.05, 3.63) is 0 Å². The first-order chi connectivity index (χ1) is 6.77. The van der Waals surface area contributed by atoms with Crippen molar-refractivity contribution in [2.75, 3.05) is 31.9 Å². The lowest BCUT2D eigenvalue weighted by Crippen LogP contribution is -2.47. The van der Waals surface area contributed by atoms with E-state index < -0.39 is 10.8 Å². The molecule has 0 radical (unpaired) electrons. The van der Waals surface area contributed by atoms with E-state index >= 15 is 0 Å². The summed E-state index contributed by atoms with van der Waals surface area (Å²) in [6.07, 6.45) is 2.09. The molecule has 1 saturated carbocycles. The second-order valence-electron chi connectivity index (χ2n) is 3.86. The van der Waals surface area contributed by atoms with Gasteiger partial charge in [0.1, 0.15) is 5.75 Å².